The number of unbranched alkanes of at least 4 members (excludes halogenated alkanes) is 6. The smallest absolute Gasteiger partial charge is 0.127 e. The normalized spacial score (nSPS) is 11.0. The van der Waals surface area contributed by atoms with Gasteiger partial charge in [0.2, 0.25) is 0 Å². The fourth-order valence-corrected chi connectivity index (χ4v) is 3.75. The SMILES string of the molecule is BrCCCCCCOc1ccc(OCCCCCCBr)c2ccccc12. The zero-order valence-electron chi connectivity index (χ0n) is 15.5. The summed E-state index contributed by atoms with van der Waals surface area (Å²) in [4.78, 5) is 0. The first-order chi connectivity index (χ1) is 12.9. The van der Waals surface area contributed by atoms with E-state index in [0.717, 1.165) is 59.0 Å². The van der Waals surface area contributed by atoms with Crippen LogP contribution in [0, 0.1) is 0 Å². The van der Waals surface area contributed by atoms with Gasteiger partial charge in [-0.3, -0.25) is 0 Å². The Bertz CT molecular complexity index is 576. The zero-order valence-corrected chi connectivity index (χ0v) is 18.7. The van der Waals surface area contributed by atoms with Gasteiger partial charge in [-0.15, -0.1) is 0 Å². The molecule has 0 radical (unpaired) electrons. The molecule has 2 nitrogen and oxygen atoms in total. The Morgan fingerprint density at radius 3 is 1.38 bits per heavy atom. The standard InChI is InChI=1S/C22H30Br2O2/c23-15-7-1-3-9-17-25-21-13-14-22(20-12-6-5-11-19(20)21)26-18-10-4-2-8-16-24/h5-6,11-14H,1-4,7-10,15-18H2. The molecule has 0 aromatic heterocycles. The van der Waals surface area contributed by atoms with Gasteiger partial charge in [-0.2, -0.15) is 0 Å². The number of hydrogen-bond acceptors (Lipinski definition) is 2. The van der Waals surface area contributed by atoms with Crippen molar-refractivity contribution in [2.75, 3.05) is 23.9 Å². The third kappa shape index (κ3) is 7.48. The van der Waals surface area contributed by atoms with Gasteiger partial charge in [0.15, 0.2) is 0 Å². The lowest BCUT2D eigenvalue weighted by Crippen LogP contribution is -2.00. The number of ether oxygens (including phenoxy) is 2. The molecule has 26 heavy (non-hydrogen) atoms. The maximum absolute atomic E-state index is 6.05. The molecule has 0 aliphatic carbocycles. The van der Waals surface area contributed by atoms with Gasteiger partial charge >= 0.3 is 0 Å². The molecule has 0 fully saturated rings. The van der Waals surface area contributed by atoms with E-state index < -0.39 is 0 Å². The van der Waals surface area contributed by atoms with E-state index in [1.165, 1.54) is 38.5 Å². The highest BCUT2D eigenvalue weighted by Crippen LogP contribution is 2.33. The number of fused-ring (bicyclic) bond motifs is 1. The number of rotatable bonds is 14. The molecular formula is C22H30Br2O2. The van der Waals surface area contributed by atoms with Crippen LogP contribution in [0.5, 0.6) is 11.5 Å². The molecule has 0 atom stereocenters. The second-order valence-electron chi connectivity index (χ2n) is 6.51. The van der Waals surface area contributed by atoms with E-state index in [1.54, 1.807) is 0 Å². The molecule has 0 unspecified atom stereocenters. The number of halogens is 2. The molecule has 0 bridgehead atoms. The van der Waals surface area contributed by atoms with Gasteiger partial charge in [0.05, 0.1) is 13.2 Å². The van der Waals surface area contributed by atoms with E-state index in [0.29, 0.717) is 0 Å². The van der Waals surface area contributed by atoms with Crippen LogP contribution in [0.25, 0.3) is 10.8 Å². The Kier molecular flexibility index (Phi) is 11.1. The lowest BCUT2D eigenvalue weighted by molar-refractivity contribution is 0.302. The van der Waals surface area contributed by atoms with Crippen molar-refractivity contribution in [2.45, 2.75) is 51.4 Å². The molecule has 0 N–H and O–H groups in total. The van der Waals surface area contributed by atoms with Gasteiger partial charge in [-0.1, -0.05) is 81.8 Å². The maximum Gasteiger partial charge on any atom is 0.127 e. The van der Waals surface area contributed by atoms with Crippen molar-refractivity contribution in [3.63, 3.8) is 0 Å². The first kappa shape index (κ1) is 21.6. The zero-order chi connectivity index (χ0) is 18.5. The highest BCUT2D eigenvalue weighted by molar-refractivity contribution is 9.09. The van der Waals surface area contributed by atoms with Crippen molar-refractivity contribution < 1.29 is 9.47 Å². The van der Waals surface area contributed by atoms with Crippen LogP contribution >= 0.6 is 31.9 Å². The van der Waals surface area contributed by atoms with Crippen molar-refractivity contribution in [3.05, 3.63) is 36.4 Å². The molecule has 0 saturated heterocycles. The molecule has 0 aliphatic heterocycles. The molecule has 0 aliphatic rings. The molecular weight excluding hydrogens is 456 g/mol. The minimum Gasteiger partial charge on any atom is -0.493 e. The first-order valence-electron chi connectivity index (χ1n) is 9.76. The minimum absolute atomic E-state index is 0.778. The summed E-state index contributed by atoms with van der Waals surface area (Å²) in [5.41, 5.74) is 0. The summed E-state index contributed by atoms with van der Waals surface area (Å²) in [5, 5.41) is 4.47. The fraction of sp³-hybridized carbons (Fsp3) is 0.545. The Morgan fingerprint density at radius 2 is 0.962 bits per heavy atom. The third-order valence-corrected chi connectivity index (χ3v) is 5.54. The van der Waals surface area contributed by atoms with Crippen LogP contribution in [0.15, 0.2) is 36.4 Å². The fourth-order valence-electron chi connectivity index (χ4n) is 2.96. The summed E-state index contributed by atoms with van der Waals surface area (Å²) in [6, 6.07) is 12.5. The Hall–Kier alpha value is -0.740. The van der Waals surface area contributed by atoms with E-state index in [-0.39, 0.29) is 0 Å². The second kappa shape index (κ2) is 13.4. The summed E-state index contributed by atoms with van der Waals surface area (Å²) in [6.07, 6.45) is 9.66. The molecule has 0 amide bonds. The predicted octanol–water partition coefficient (Wildman–Crippen LogP) is 7.51. The second-order valence-corrected chi connectivity index (χ2v) is 8.10. The quantitative estimate of drug-likeness (QED) is 0.203. The van der Waals surface area contributed by atoms with Crippen LogP contribution in [-0.2, 0) is 0 Å². The van der Waals surface area contributed by atoms with Crippen molar-refractivity contribution in [1.29, 1.82) is 0 Å². The van der Waals surface area contributed by atoms with E-state index in [4.69, 9.17) is 9.47 Å². The summed E-state index contributed by atoms with van der Waals surface area (Å²) in [7, 11) is 0. The lowest BCUT2D eigenvalue weighted by atomic mass is 10.1. The van der Waals surface area contributed by atoms with E-state index >= 15 is 0 Å². The molecule has 4 heteroatoms. The van der Waals surface area contributed by atoms with Gasteiger partial charge < -0.3 is 9.47 Å². The number of hydrogen-bond donors (Lipinski definition) is 0. The van der Waals surface area contributed by atoms with E-state index in [9.17, 15) is 0 Å². The summed E-state index contributed by atoms with van der Waals surface area (Å²) >= 11 is 6.95. The molecule has 0 heterocycles. The van der Waals surface area contributed by atoms with Gasteiger partial charge in [0.25, 0.3) is 0 Å². The lowest BCUT2D eigenvalue weighted by Gasteiger charge is -2.13. The predicted molar refractivity (Wildman–Crippen MR) is 119 cm³/mol. The summed E-state index contributed by atoms with van der Waals surface area (Å²) in [5.74, 6) is 1.93. The average Bonchev–Trinajstić information content (AvgIpc) is 2.68. The van der Waals surface area contributed by atoms with Crippen LogP contribution in [0.3, 0.4) is 0 Å². The molecule has 2 aromatic carbocycles. The van der Waals surface area contributed by atoms with Gasteiger partial charge in [0, 0.05) is 21.4 Å². The Balaban J connectivity index is 1.88. The average molecular weight is 486 g/mol. The summed E-state index contributed by atoms with van der Waals surface area (Å²) < 4.78 is 12.1. The van der Waals surface area contributed by atoms with Crippen molar-refractivity contribution in [2.24, 2.45) is 0 Å². The molecule has 2 aromatic rings. The highest BCUT2D eigenvalue weighted by atomic mass is 79.9. The molecule has 144 valence electrons. The third-order valence-electron chi connectivity index (χ3n) is 4.42. The molecule has 0 spiro atoms. The van der Waals surface area contributed by atoms with Crippen LogP contribution in [0.4, 0.5) is 0 Å². The number of benzene rings is 2. The van der Waals surface area contributed by atoms with Gasteiger partial charge in [0.1, 0.15) is 11.5 Å². The van der Waals surface area contributed by atoms with Gasteiger partial charge in [-0.25, -0.2) is 0 Å². The van der Waals surface area contributed by atoms with E-state index in [1.807, 2.05) is 0 Å². The molecule has 0 saturated carbocycles. The van der Waals surface area contributed by atoms with Gasteiger partial charge in [-0.05, 0) is 37.8 Å². The van der Waals surface area contributed by atoms with Crippen molar-refractivity contribution in [3.8, 4) is 11.5 Å². The topological polar surface area (TPSA) is 18.5 Å². The Morgan fingerprint density at radius 1 is 0.538 bits per heavy atom. The van der Waals surface area contributed by atoms with Crippen LogP contribution in [0.2, 0.25) is 0 Å². The van der Waals surface area contributed by atoms with Crippen LogP contribution in [0.1, 0.15) is 51.4 Å². The monoisotopic (exact) mass is 484 g/mol. The van der Waals surface area contributed by atoms with Crippen molar-refractivity contribution in [1.82, 2.24) is 0 Å². The van der Waals surface area contributed by atoms with Crippen molar-refractivity contribution >= 4 is 42.6 Å². The van der Waals surface area contributed by atoms with Crippen LogP contribution < -0.4 is 9.47 Å². The maximum atomic E-state index is 6.05. The van der Waals surface area contributed by atoms with E-state index in [2.05, 4.69) is 68.3 Å². The number of alkyl halides is 2. The Labute approximate surface area is 174 Å². The minimum atomic E-state index is 0.778. The first-order valence-corrected chi connectivity index (χ1v) is 12.0. The van der Waals surface area contributed by atoms with Crippen LogP contribution in [-0.4, -0.2) is 23.9 Å². The summed E-state index contributed by atoms with van der Waals surface area (Å²) in [6.45, 7) is 1.56. The largest absolute Gasteiger partial charge is 0.493 e. The molecule has 2 rings (SSSR count). The highest BCUT2D eigenvalue weighted by Gasteiger charge is 2.07.